The van der Waals surface area contributed by atoms with Crippen molar-refractivity contribution in [2.45, 2.75) is 19.6 Å². The molecule has 1 aromatic heterocycles. The van der Waals surface area contributed by atoms with Gasteiger partial charge in [-0.15, -0.1) is 0 Å². The largest absolute Gasteiger partial charge is 0.355 e. The van der Waals surface area contributed by atoms with Crippen LogP contribution in [-0.2, 0) is 29.1 Å². The highest BCUT2D eigenvalue weighted by atomic mass is 16.5. The number of anilines is 1. The Hall–Kier alpha value is -2.34. The lowest BCUT2D eigenvalue weighted by Crippen LogP contribution is -2.30. The Morgan fingerprint density at radius 3 is 3.10 bits per heavy atom. The molecule has 0 bridgehead atoms. The topological polar surface area (TPSA) is 68.2 Å². The van der Waals surface area contributed by atoms with Crippen molar-refractivity contribution in [3.8, 4) is 0 Å². The van der Waals surface area contributed by atoms with E-state index in [1.54, 1.807) is 6.33 Å². The number of hydrogen-bond acceptors (Lipinski definition) is 4. The molecule has 6 nitrogen and oxygen atoms in total. The van der Waals surface area contributed by atoms with E-state index < -0.39 is 0 Å². The zero-order chi connectivity index (χ0) is 14.5. The van der Waals surface area contributed by atoms with Crippen molar-refractivity contribution in [3.05, 3.63) is 47.9 Å². The number of rotatable bonds is 5. The zero-order valence-corrected chi connectivity index (χ0v) is 11.7. The third-order valence-corrected chi connectivity index (χ3v) is 3.42. The van der Waals surface area contributed by atoms with Crippen molar-refractivity contribution in [2.24, 2.45) is 0 Å². The summed E-state index contributed by atoms with van der Waals surface area (Å²) in [5.41, 5.74) is 2.13. The molecular weight excluding hydrogens is 268 g/mol. The van der Waals surface area contributed by atoms with Crippen molar-refractivity contribution in [1.29, 1.82) is 0 Å². The van der Waals surface area contributed by atoms with Crippen LogP contribution in [0, 0.1) is 0 Å². The molecule has 0 saturated heterocycles. The van der Waals surface area contributed by atoms with Crippen molar-refractivity contribution >= 4 is 11.7 Å². The number of ether oxygens (including phenoxy) is 1. The average Bonchev–Trinajstić information content (AvgIpc) is 2.92. The smallest absolute Gasteiger partial charge is 0.239 e. The maximum atomic E-state index is 12.0. The Bertz CT molecular complexity index is 609. The average molecular weight is 286 g/mol. The van der Waals surface area contributed by atoms with Gasteiger partial charge in [-0.2, -0.15) is 0 Å². The highest BCUT2D eigenvalue weighted by molar-refractivity contribution is 5.76. The van der Waals surface area contributed by atoms with Gasteiger partial charge in [0.2, 0.25) is 5.91 Å². The molecule has 1 aliphatic heterocycles. The van der Waals surface area contributed by atoms with Crippen LogP contribution in [0.2, 0.25) is 0 Å². The lowest BCUT2D eigenvalue weighted by molar-refractivity contribution is -0.121. The predicted molar refractivity (Wildman–Crippen MR) is 78.7 cm³/mol. The number of carbonyl (C=O) groups is 1. The van der Waals surface area contributed by atoms with Crippen LogP contribution in [0.5, 0.6) is 0 Å². The molecule has 0 fully saturated rings. The number of aromatic nitrogens is 2. The Labute approximate surface area is 123 Å². The SMILES string of the molecule is O=C(Cn1cnc2c1COCN2)NCCc1ccccc1. The van der Waals surface area contributed by atoms with E-state index in [4.69, 9.17) is 4.74 Å². The fourth-order valence-electron chi connectivity index (χ4n) is 2.31. The van der Waals surface area contributed by atoms with Crippen molar-refractivity contribution in [2.75, 3.05) is 18.6 Å². The number of benzene rings is 1. The molecule has 1 aromatic carbocycles. The molecule has 0 radical (unpaired) electrons. The van der Waals surface area contributed by atoms with Gasteiger partial charge in [0.05, 0.1) is 18.6 Å². The zero-order valence-electron chi connectivity index (χ0n) is 11.7. The van der Waals surface area contributed by atoms with Crippen LogP contribution in [0.1, 0.15) is 11.3 Å². The monoisotopic (exact) mass is 286 g/mol. The first-order valence-electron chi connectivity index (χ1n) is 6.99. The van der Waals surface area contributed by atoms with E-state index in [1.165, 1.54) is 5.56 Å². The minimum atomic E-state index is -0.0169. The molecule has 2 aromatic rings. The predicted octanol–water partition coefficient (Wildman–Crippen LogP) is 1.14. The summed E-state index contributed by atoms with van der Waals surface area (Å²) in [5, 5.41) is 5.96. The second-order valence-electron chi connectivity index (χ2n) is 4.92. The lowest BCUT2D eigenvalue weighted by Gasteiger charge is -2.16. The van der Waals surface area contributed by atoms with Crippen molar-refractivity contribution < 1.29 is 9.53 Å². The van der Waals surface area contributed by atoms with Gasteiger partial charge < -0.3 is 19.9 Å². The summed E-state index contributed by atoms with van der Waals surface area (Å²) in [6.07, 6.45) is 2.50. The van der Waals surface area contributed by atoms with Crippen LogP contribution in [0.4, 0.5) is 5.82 Å². The number of fused-ring (bicyclic) bond motifs is 1. The fourth-order valence-corrected chi connectivity index (χ4v) is 2.31. The third-order valence-electron chi connectivity index (χ3n) is 3.42. The number of hydrogen-bond donors (Lipinski definition) is 2. The standard InChI is InChI=1S/C15H18N4O2/c20-14(16-7-6-12-4-2-1-3-5-12)8-19-10-17-15-13(19)9-21-11-18-15/h1-5,10,18H,6-9,11H2,(H,16,20). The first-order valence-corrected chi connectivity index (χ1v) is 6.99. The second kappa shape index (κ2) is 6.41. The molecule has 2 N–H and O–H groups in total. The van der Waals surface area contributed by atoms with Crippen LogP contribution in [0.3, 0.4) is 0 Å². The molecule has 2 heterocycles. The van der Waals surface area contributed by atoms with E-state index in [0.29, 0.717) is 19.9 Å². The van der Waals surface area contributed by atoms with Gasteiger partial charge in [0.25, 0.3) is 0 Å². The van der Waals surface area contributed by atoms with Gasteiger partial charge in [0, 0.05) is 6.54 Å². The minimum Gasteiger partial charge on any atom is -0.355 e. The molecule has 1 aliphatic rings. The number of carbonyl (C=O) groups excluding carboxylic acids is 1. The Balaban J connectivity index is 1.49. The molecule has 21 heavy (non-hydrogen) atoms. The molecule has 6 heteroatoms. The molecular formula is C15H18N4O2. The van der Waals surface area contributed by atoms with E-state index in [0.717, 1.165) is 17.9 Å². The molecule has 0 spiro atoms. The summed E-state index contributed by atoms with van der Waals surface area (Å²) in [4.78, 5) is 16.2. The maximum absolute atomic E-state index is 12.0. The molecule has 0 atom stereocenters. The maximum Gasteiger partial charge on any atom is 0.239 e. The van der Waals surface area contributed by atoms with Crippen LogP contribution < -0.4 is 10.6 Å². The van der Waals surface area contributed by atoms with E-state index in [9.17, 15) is 4.79 Å². The highest BCUT2D eigenvalue weighted by Gasteiger charge is 2.16. The quantitative estimate of drug-likeness (QED) is 0.865. The summed E-state index contributed by atoms with van der Waals surface area (Å²) >= 11 is 0. The fraction of sp³-hybridized carbons (Fsp3) is 0.333. The summed E-state index contributed by atoms with van der Waals surface area (Å²) < 4.78 is 7.13. The summed E-state index contributed by atoms with van der Waals surface area (Å²) in [7, 11) is 0. The van der Waals surface area contributed by atoms with Gasteiger partial charge >= 0.3 is 0 Å². The number of nitrogens with one attached hydrogen (secondary N) is 2. The van der Waals surface area contributed by atoms with Crippen LogP contribution in [0.25, 0.3) is 0 Å². The Morgan fingerprint density at radius 2 is 2.24 bits per heavy atom. The molecule has 1 amide bonds. The van der Waals surface area contributed by atoms with Gasteiger partial charge in [0.1, 0.15) is 13.3 Å². The molecule has 110 valence electrons. The van der Waals surface area contributed by atoms with Gasteiger partial charge in [-0.25, -0.2) is 4.98 Å². The summed E-state index contributed by atoms with van der Waals surface area (Å²) in [5.74, 6) is 0.787. The van der Waals surface area contributed by atoms with Crippen molar-refractivity contribution in [3.63, 3.8) is 0 Å². The number of nitrogens with zero attached hydrogens (tertiary/aromatic N) is 2. The molecule has 0 saturated carbocycles. The lowest BCUT2D eigenvalue weighted by atomic mass is 10.1. The van der Waals surface area contributed by atoms with Crippen LogP contribution in [-0.4, -0.2) is 28.7 Å². The second-order valence-corrected chi connectivity index (χ2v) is 4.92. The van der Waals surface area contributed by atoms with E-state index >= 15 is 0 Å². The summed E-state index contributed by atoms with van der Waals surface area (Å²) in [6.45, 7) is 1.85. The normalized spacial score (nSPS) is 13.3. The Kier molecular flexibility index (Phi) is 4.16. The van der Waals surface area contributed by atoms with Crippen LogP contribution >= 0.6 is 0 Å². The van der Waals surface area contributed by atoms with Gasteiger partial charge in [0.15, 0.2) is 5.82 Å². The Morgan fingerprint density at radius 1 is 1.38 bits per heavy atom. The first kappa shape index (κ1) is 13.6. The molecule has 0 aliphatic carbocycles. The molecule has 0 unspecified atom stereocenters. The minimum absolute atomic E-state index is 0.0169. The van der Waals surface area contributed by atoms with E-state index in [-0.39, 0.29) is 12.5 Å². The van der Waals surface area contributed by atoms with E-state index in [1.807, 2.05) is 22.8 Å². The van der Waals surface area contributed by atoms with Gasteiger partial charge in [-0.05, 0) is 12.0 Å². The third kappa shape index (κ3) is 3.41. The number of amides is 1. The summed E-state index contributed by atoms with van der Waals surface area (Å²) in [6, 6.07) is 10.1. The van der Waals surface area contributed by atoms with Gasteiger partial charge in [-0.1, -0.05) is 30.3 Å². The number of imidazole rings is 1. The molecule has 3 rings (SSSR count). The van der Waals surface area contributed by atoms with E-state index in [2.05, 4.69) is 27.8 Å². The first-order chi connectivity index (χ1) is 10.3. The highest BCUT2D eigenvalue weighted by Crippen LogP contribution is 2.18. The van der Waals surface area contributed by atoms with Gasteiger partial charge in [-0.3, -0.25) is 4.79 Å². The van der Waals surface area contributed by atoms with Crippen LogP contribution in [0.15, 0.2) is 36.7 Å². The van der Waals surface area contributed by atoms with Crippen molar-refractivity contribution in [1.82, 2.24) is 14.9 Å².